The normalized spacial score (nSPS) is 18.8. The molecule has 0 aromatic carbocycles. The van der Waals surface area contributed by atoms with E-state index in [-0.39, 0.29) is 29.2 Å². The van der Waals surface area contributed by atoms with Crippen LogP contribution in [0.15, 0.2) is 24.7 Å². The van der Waals surface area contributed by atoms with Gasteiger partial charge in [-0.25, -0.2) is 0 Å². The van der Waals surface area contributed by atoms with E-state index in [1.807, 2.05) is 11.9 Å². The Morgan fingerprint density at radius 1 is 1.37 bits per heavy atom. The molecule has 4 rings (SSSR count). The van der Waals surface area contributed by atoms with Crippen molar-refractivity contribution in [2.24, 2.45) is 0 Å². The summed E-state index contributed by atoms with van der Waals surface area (Å²) in [6, 6.07) is 1.04. The zero-order chi connectivity index (χ0) is 25.2. The molecule has 0 unspecified atom stereocenters. The second-order valence-corrected chi connectivity index (χ2v) is 11.4. The number of hydrogen-bond donors (Lipinski definition) is 2. The van der Waals surface area contributed by atoms with Gasteiger partial charge in [0.15, 0.2) is 0 Å². The number of alkyl halides is 4. The summed E-state index contributed by atoms with van der Waals surface area (Å²) in [6.07, 6.45) is 3.72. The van der Waals surface area contributed by atoms with Gasteiger partial charge in [-0.05, 0) is 0 Å². The summed E-state index contributed by atoms with van der Waals surface area (Å²) in [5.41, 5.74) is 0.592. The van der Waals surface area contributed by atoms with Gasteiger partial charge in [0.05, 0.1) is 0 Å². The second kappa shape index (κ2) is 10.5. The van der Waals surface area contributed by atoms with Gasteiger partial charge in [-0.15, -0.1) is 0 Å². The van der Waals surface area contributed by atoms with E-state index in [4.69, 9.17) is 0 Å². The molecule has 1 fully saturated rings. The molecular formula is C22H22F4N6OSSe. The zero-order valence-corrected chi connectivity index (χ0v) is 21.3. The molecule has 1 saturated heterocycles. The second-order valence-electron chi connectivity index (χ2n) is 7.99. The first-order valence-corrected chi connectivity index (χ1v) is 13.2. The Hall–Kier alpha value is -2.65. The molecular weight excluding hydrogens is 551 g/mol. The van der Waals surface area contributed by atoms with Gasteiger partial charge in [0.1, 0.15) is 0 Å². The minimum atomic E-state index is -4.40. The van der Waals surface area contributed by atoms with Gasteiger partial charge >= 0.3 is 210 Å². The topological polar surface area (TPSA) is 74.6 Å². The van der Waals surface area contributed by atoms with E-state index in [0.717, 1.165) is 5.01 Å². The van der Waals surface area contributed by atoms with Crippen molar-refractivity contribution in [1.29, 1.82) is 0 Å². The standard InChI is InChI=1S/C22H22F4N6OSSe/c1-13-29-11-18(34-13)20(33)28-6-3-4-14-10-17-19(30-16-5-8-31(2)12-15(16)23)27-7-9-32(17)21(14)35-22(24,25)26/h7,9-11,15-16H,5-6,8,12H2,1-2H3,(H,27,30)(H,28,33)/t15-,16+/m0/s1. The van der Waals surface area contributed by atoms with Gasteiger partial charge < -0.3 is 0 Å². The number of rotatable bonds is 5. The Balaban J connectivity index is 1.59. The van der Waals surface area contributed by atoms with E-state index in [9.17, 15) is 22.4 Å². The molecule has 0 spiro atoms. The number of nitrogens with zero attached hydrogens (tertiary/aromatic N) is 4. The molecule has 4 heterocycles. The number of amides is 1. The number of thiazole rings is 1. The quantitative estimate of drug-likeness (QED) is 0.278. The fraction of sp³-hybridized carbons (Fsp3) is 0.409. The van der Waals surface area contributed by atoms with Gasteiger partial charge in [-0.2, -0.15) is 0 Å². The first-order valence-electron chi connectivity index (χ1n) is 10.6. The maximum atomic E-state index is 14.5. The third-order valence-electron chi connectivity index (χ3n) is 5.34. The number of halogens is 4. The number of fused-ring (bicyclic) bond motifs is 1. The number of piperidine rings is 1. The van der Waals surface area contributed by atoms with E-state index < -0.39 is 32.2 Å². The van der Waals surface area contributed by atoms with Crippen LogP contribution in [-0.2, 0) is 0 Å². The van der Waals surface area contributed by atoms with Crippen LogP contribution < -0.4 is 15.2 Å². The number of carbonyl (C=O) groups is 1. The number of aryl methyl sites for hydroxylation is 1. The van der Waals surface area contributed by atoms with Crippen LogP contribution in [0.3, 0.4) is 0 Å². The van der Waals surface area contributed by atoms with E-state index in [2.05, 4.69) is 32.4 Å². The monoisotopic (exact) mass is 574 g/mol. The van der Waals surface area contributed by atoms with Crippen molar-refractivity contribution in [3.05, 3.63) is 40.1 Å². The first kappa shape index (κ1) is 25.4. The Bertz CT molecular complexity index is 1280. The maximum absolute atomic E-state index is 14.5. The average molecular weight is 573 g/mol. The molecule has 0 radical (unpaired) electrons. The van der Waals surface area contributed by atoms with Crippen molar-refractivity contribution in [1.82, 2.24) is 24.6 Å². The molecule has 1 aliphatic heterocycles. The molecule has 1 aliphatic rings. The minimum absolute atomic E-state index is 0.0162. The Kier molecular flexibility index (Phi) is 7.66. The molecule has 186 valence electrons. The fourth-order valence-electron chi connectivity index (χ4n) is 3.70. The third-order valence-corrected chi connectivity index (χ3v) is 8.01. The van der Waals surface area contributed by atoms with Crippen molar-refractivity contribution < 1.29 is 22.4 Å². The van der Waals surface area contributed by atoms with Crippen molar-refractivity contribution >= 4 is 48.1 Å². The van der Waals surface area contributed by atoms with E-state index in [1.54, 1.807) is 6.92 Å². The van der Waals surface area contributed by atoms with Crippen LogP contribution in [0.1, 0.15) is 26.7 Å². The summed E-state index contributed by atoms with van der Waals surface area (Å²) >= 11 is -0.636. The summed E-state index contributed by atoms with van der Waals surface area (Å²) in [5, 5.41) is 2.05. The third kappa shape index (κ3) is 6.32. The number of anilines is 1. The van der Waals surface area contributed by atoms with Crippen LogP contribution in [0.2, 0.25) is 0 Å². The van der Waals surface area contributed by atoms with Gasteiger partial charge in [0.25, 0.3) is 0 Å². The van der Waals surface area contributed by atoms with Gasteiger partial charge in [0.2, 0.25) is 0 Å². The molecule has 0 bridgehead atoms. The van der Waals surface area contributed by atoms with E-state index in [0.29, 0.717) is 29.2 Å². The van der Waals surface area contributed by atoms with Crippen molar-refractivity contribution in [3.63, 3.8) is 0 Å². The molecule has 35 heavy (non-hydrogen) atoms. The summed E-state index contributed by atoms with van der Waals surface area (Å²) < 4.78 is 56.1. The number of aromatic nitrogens is 3. The first-order chi connectivity index (χ1) is 16.6. The van der Waals surface area contributed by atoms with Crippen LogP contribution >= 0.6 is 11.3 Å². The van der Waals surface area contributed by atoms with E-state index >= 15 is 0 Å². The van der Waals surface area contributed by atoms with Gasteiger partial charge in [-0.1, -0.05) is 0 Å². The van der Waals surface area contributed by atoms with Crippen LogP contribution in [0.25, 0.3) is 5.52 Å². The molecule has 2 N–H and O–H groups in total. The number of hydrogen-bond acceptors (Lipinski definition) is 6. The molecule has 3 aromatic rings. The molecule has 3 aromatic heterocycles. The van der Waals surface area contributed by atoms with Crippen molar-refractivity contribution in [2.45, 2.75) is 30.6 Å². The van der Waals surface area contributed by atoms with Crippen LogP contribution in [0.4, 0.5) is 23.4 Å². The Morgan fingerprint density at radius 3 is 2.86 bits per heavy atom. The number of likely N-dealkylation sites (tertiary alicyclic amines) is 1. The summed E-state index contributed by atoms with van der Waals surface area (Å²) in [7, 11) is 1.84. The van der Waals surface area contributed by atoms with Crippen LogP contribution in [0, 0.1) is 18.8 Å². The number of nitrogens with one attached hydrogen (secondary N) is 2. The zero-order valence-electron chi connectivity index (χ0n) is 18.8. The fourth-order valence-corrected chi connectivity index (χ4v) is 5.86. The Labute approximate surface area is 209 Å². The number of carbonyl (C=O) groups excluding carboxylic acids is 1. The summed E-state index contributed by atoms with van der Waals surface area (Å²) in [4.78, 5) is 22.7. The van der Waals surface area contributed by atoms with Crippen LogP contribution in [-0.4, -0.2) is 84.1 Å². The van der Waals surface area contributed by atoms with Crippen molar-refractivity contribution in [3.8, 4) is 11.8 Å². The molecule has 2 atom stereocenters. The predicted molar refractivity (Wildman–Crippen MR) is 127 cm³/mol. The van der Waals surface area contributed by atoms with E-state index in [1.165, 1.54) is 40.4 Å². The average Bonchev–Trinajstić information content (AvgIpc) is 3.36. The molecule has 7 nitrogen and oxygen atoms in total. The van der Waals surface area contributed by atoms with Gasteiger partial charge in [0, 0.05) is 0 Å². The van der Waals surface area contributed by atoms with Crippen molar-refractivity contribution in [2.75, 3.05) is 32.0 Å². The SMILES string of the molecule is Cc1ncc(C(=O)NCC#Cc2cc3c(N[C@@H]4CCN(C)C[C@@H]4F)nccn3c2[Se]C(F)(F)F)s1. The molecule has 13 heteroatoms. The Morgan fingerprint density at radius 2 is 2.17 bits per heavy atom. The van der Waals surface area contributed by atoms with Crippen LogP contribution in [0.5, 0.6) is 0 Å². The summed E-state index contributed by atoms with van der Waals surface area (Å²) in [6.45, 7) is 2.71. The molecule has 0 aliphatic carbocycles. The van der Waals surface area contributed by atoms with Gasteiger partial charge in [-0.3, -0.25) is 0 Å². The predicted octanol–water partition coefficient (Wildman–Crippen LogP) is 2.18. The molecule has 1 amide bonds. The summed E-state index contributed by atoms with van der Waals surface area (Å²) in [5.74, 6) is 5.46. The molecule has 0 saturated carbocycles.